The number of hydrogen-bond acceptors (Lipinski definition) is 5. The lowest BCUT2D eigenvalue weighted by atomic mass is 9.92. The molecule has 1 aliphatic carbocycles. The zero-order chi connectivity index (χ0) is 22.7. The number of nitrogens with zero attached hydrogens (tertiary/aromatic N) is 3. The van der Waals surface area contributed by atoms with Gasteiger partial charge in [0.15, 0.2) is 6.17 Å². The van der Waals surface area contributed by atoms with Crippen molar-refractivity contribution in [3.63, 3.8) is 0 Å². The van der Waals surface area contributed by atoms with E-state index >= 15 is 0 Å². The van der Waals surface area contributed by atoms with Gasteiger partial charge in [-0.15, -0.1) is 0 Å². The summed E-state index contributed by atoms with van der Waals surface area (Å²) < 4.78 is 0. The number of carbonyl (C=O) groups excluding carboxylic acids is 3. The number of benzene rings is 1. The van der Waals surface area contributed by atoms with Crippen molar-refractivity contribution in [1.29, 1.82) is 0 Å². The SMILES string of the molecule is Cc1ccc(C(=O)N2CCN(C(=O)c3ccncc3)C2C(=O)NC2CCC(N)CC2)cc1. The van der Waals surface area contributed by atoms with E-state index in [0.29, 0.717) is 11.1 Å². The second-order valence-corrected chi connectivity index (χ2v) is 8.59. The summed E-state index contributed by atoms with van der Waals surface area (Å²) in [5, 5.41) is 3.07. The first-order chi connectivity index (χ1) is 15.4. The number of pyridine rings is 1. The monoisotopic (exact) mass is 435 g/mol. The van der Waals surface area contributed by atoms with Crippen LogP contribution in [0.15, 0.2) is 48.8 Å². The minimum atomic E-state index is -1.000. The lowest BCUT2D eigenvalue weighted by molar-refractivity contribution is -0.129. The molecule has 2 fully saturated rings. The van der Waals surface area contributed by atoms with E-state index < -0.39 is 6.17 Å². The van der Waals surface area contributed by atoms with Gasteiger partial charge in [-0.05, 0) is 56.9 Å². The minimum absolute atomic E-state index is 0.00268. The Morgan fingerprint density at radius 2 is 1.41 bits per heavy atom. The number of hydrogen-bond donors (Lipinski definition) is 2. The van der Waals surface area contributed by atoms with Gasteiger partial charge in [0, 0.05) is 48.7 Å². The quantitative estimate of drug-likeness (QED) is 0.760. The van der Waals surface area contributed by atoms with Crippen LogP contribution >= 0.6 is 0 Å². The van der Waals surface area contributed by atoms with Gasteiger partial charge in [-0.1, -0.05) is 17.7 Å². The van der Waals surface area contributed by atoms with E-state index in [4.69, 9.17) is 5.73 Å². The van der Waals surface area contributed by atoms with E-state index in [1.165, 1.54) is 9.80 Å². The van der Waals surface area contributed by atoms with E-state index in [0.717, 1.165) is 31.2 Å². The third-order valence-corrected chi connectivity index (χ3v) is 6.27. The topological polar surface area (TPSA) is 109 Å². The van der Waals surface area contributed by atoms with E-state index in [2.05, 4.69) is 10.3 Å². The predicted octanol–water partition coefficient (Wildman–Crippen LogP) is 1.70. The first-order valence-corrected chi connectivity index (χ1v) is 11.1. The molecule has 0 spiro atoms. The van der Waals surface area contributed by atoms with Gasteiger partial charge < -0.3 is 20.9 Å². The minimum Gasteiger partial charge on any atom is -0.350 e. The average molecular weight is 436 g/mol. The molecule has 1 aliphatic heterocycles. The number of aryl methyl sites for hydroxylation is 1. The Bertz CT molecular complexity index is 971. The lowest BCUT2D eigenvalue weighted by Crippen LogP contribution is -2.56. The van der Waals surface area contributed by atoms with Crippen molar-refractivity contribution >= 4 is 17.7 Å². The highest BCUT2D eigenvalue weighted by Gasteiger charge is 2.43. The summed E-state index contributed by atoms with van der Waals surface area (Å²) in [6, 6.07) is 10.6. The van der Waals surface area contributed by atoms with Crippen LogP contribution in [0.5, 0.6) is 0 Å². The Kier molecular flexibility index (Phi) is 6.50. The van der Waals surface area contributed by atoms with Crippen LogP contribution in [-0.4, -0.2) is 63.8 Å². The fourth-order valence-corrected chi connectivity index (χ4v) is 4.40. The van der Waals surface area contributed by atoms with Crippen LogP contribution in [0.25, 0.3) is 0 Å². The normalized spacial score (nSPS) is 23.1. The summed E-state index contributed by atoms with van der Waals surface area (Å²) >= 11 is 0. The average Bonchev–Trinajstić information content (AvgIpc) is 3.26. The van der Waals surface area contributed by atoms with Crippen LogP contribution in [0.4, 0.5) is 0 Å². The Morgan fingerprint density at radius 3 is 1.97 bits per heavy atom. The van der Waals surface area contributed by atoms with Gasteiger partial charge in [0.25, 0.3) is 17.7 Å². The van der Waals surface area contributed by atoms with E-state index in [-0.39, 0.29) is 42.9 Å². The van der Waals surface area contributed by atoms with E-state index in [1.807, 2.05) is 19.1 Å². The predicted molar refractivity (Wildman–Crippen MR) is 120 cm³/mol. The summed E-state index contributed by atoms with van der Waals surface area (Å²) in [6.07, 6.45) is 5.37. The summed E-state index contributed by atoms with van der Waals surface area (Å²) in [7, 11) is 0. The second kappa shape index (κ2) is 9.48. The number of aromatic nitrogens is 1. The molecule has 1 saturated carbocycles. The maximum Gasteiger partial charge on any atom is 0.264 e. The molecule has 3 amide bonds. The van der Waals surface area contributed by atoms with Gasteiger partial charge in [0.2, 0.25) is 0 Å². The molecule has 32 heavy (non-hydrogen) atoms. The van der Waals surface area contributed by atoms with Crippen molar-refractivity contribution in [3.05, 3.63) is 65.5 Å². The first-order valence-electron chi connectivity index (χ1n) is 11.1. The van der Waals surface area contributed by atoms with E-state index in [1.54, 1.807) is 36.7 Å². The molecule has 4 rings (SSSR count). The third-order valence-electron chi connectivity index (χ3n) is 6.27. The smallest absolute Gasteiger partial charge is 0.264 e. The first kappa shape index (κ1) is 22.0. The molecule has 1 saturated heterocycles. The van der Waals surface area contributed by atoms with Crippen molar-refractivity contribution < 1.29 is 14.4 Å². The molecule has 0 bridgehead atoms. The number of rotatable bonds is 4. The van der Waals surface area contributed by atoms with Crippen LogP contribution < -0.4 is 11.1 Å². The standard InChI is InChI=1S/C24H29N5O3/c1-16-2-4-17(5-3-16)23(31)28-14-15-29(24(32)18-10-12-26-13-11-18)22(28)21(30)27-20-8-6-19(25)7-9-20/h2-5,10-13,19-20,22H,6-9,14-15,25H2,1H3,(H,27,30). The molecule has 0 radical (unpaired) electrons. The highest BCUT2D eigenvalue weighted by atomic mass is 16.2. The van der Waals surface area contributed by atoms with Gasteiger partial charge >= 0.3 is 0 Å². The van der Waals surface area contributed by atoms with Gasteiger partial charge in [0.05, 0.1) is 0 Å². The second-order valence-electron chi connectivity index (χ2n) is 8.59. The molecule has 1 unspecified atom stereocenters. The summed E-state index contributed by atoms with van der Waals surface area (Å²) in [6.45, 7) is 2.52. The van der Waals surface area contributed by atoms with Crippen molar-refractivity contribution in [1.82, 2.24) is 20.1 Å². The molecular formula is C24H29N5O3. The van der Waals surface area contributed by atoms with Gasteiger partial charge in [-0.25, -0.2) is 0 Å². The molecule has 2 aliphatic rings. The largest absolute Gasteiger partial charge is 0.350 e. The Labute approximate surface area is 187 Å². The Morgan fingerprint density at radius 1 is 0.875 bits per heavy atom. The maximum atomic E-state index is 13.4. The van der Waals surface area contributed by atoms with Crippen LogP contribution in [0, 0.1) is 6.92 Å². The zero-order valence-electron chi connectivity index (χ0n) is 18.2. The third kappa shape index (κ3) is 4.65. The van der Waals surface area contributed by atoms with E-state index in [9.17, 15) is 14.4 Å². The lowest BCUT2D eigenvalue weighted by Gasteiger charge is -2.32. The number of nitrogens with two attached hydrogens (primary N) is 1. The van der Waals surface area contributed by atoms with Crippen LogP contribution in [0.1, 0.15) is 52.0 Å². The molecule has 1 aromatic carbocycles. The fraction of sp³-hybridized carbons (Fsp3) is 0.417. The number of nitrogens with one attached hydrogen (secondary N) is 1. The molecular weight excluding hydrogens is 406 g/mol. The molecule has 2 aromatic rings. The maximum absolute atomic E-state index is 13.4. The molecule has 8 heteroatoms. The molecule has 168 valence electrons. The molecule has 2 heterocycles. The van der Waals surface area contributed by atoms with Crippen molar-refractivity contribution in [2.45, 2.75) is 50.9 Å². The van der Waals surface area contributed by atoms with Gasteiger partial charge in [0.1, 0.15) is 0 Å². The van der Waals surface area contributed by atoms with Gasteiger partial charge in [-0.2, -0.15) is 0 Å². The van der Waals surface area contributed by atoms with Crippen molar-refractivity contribution in [3.8, 4) is 0 Å². The summed E-state index contributed by atoms with van der Waals surface area (Å²) in [4.78, 5) is 46.8. The van der Waals surface area contributed by atoms with Gasteiger partial charge in [-0.3, -0.25) is 19.4 Å². The molecule has 8 nitrogen and oxygen atoms in total. The van der Waals surface area contributed by atoms with Crippen molar-refractivity contribution in [2.24, 2.45) is 5.73 Å². The molecule has 1 atom stereocenters. The Balaban J connectivity index is 1.58. The molecule has 3 N–H and O–H groups in total. The fourth-order valence-electron chi connectivity index (χ4n) is 4.40. The summed E-state index contributed by atoms with van der Waals surface area (Å²) in [5.74, 6) is -0.885. The van der Waals surface area contributed by atoms with Crippen LogP contribution in [0.2, 0.25) is 0 Å². The zero-order valence-corrected chi connectivity index (χ0v) is 18.2. The highest BCUT2D eigenvalue weighted by molar-refractivity contribution is 6.02. The Hall–Kier alpha value is -3.26. The van der Waals surface area contributed by atoms with Crippen molar-refractivity contribution in [2.75, 3.05) is 13.1 Å². The highest BCUT2D eigenvalue weighted by Crippen LogP contribution is 2.23. The number of amides is 3. The molecule has 1 aromatic heterocycles. The van der Waals surface area contributed by atoms with Crippen LogP contribution in [0.3, 0.4) is 0 Å². The van der Waals surface area contributed by atoms with Crippen LogP contribution in [-0.2, 0) is 4.79 Å². The number of carbonyl (C=O) groups is 3. The summed E-state index contributed by atoms with van der Waals surface area (Å²) in [5.41, 5.74) is 7.96.